The molecule has 2 aromatic rings. The quantitative estimate of drug-likeness (QED) is 0.612. The molecule has 0 spiro atoms. The highest BCUT2D eigenvalue weighted by Gasteiger charge is 2.20. The molecular weight excluding hydrogens is 328 g/mol. The van der Waals surface area contributed by atoms with E-state index in [9.17, 15) is 18.5 Å². The van der Waals surface area contributed by atoms with Crippen molar-refractivity contribution < 1.29 is 13.3 Å². The molecule has 1 aromatic heterocycles. The van der Waals surface area contributed by atoms with Crippen molar-refractivity contribution in [1.29, 1.82) is 0 Å². The third-order valence-corrected chi connectivity index (χ3v) is 5.38. The molecule has 0 saturated carbocycles. The maximum atomic E-state index is 11.7. The Hall–Kier alpha value is -2.04. The lowest BCUT2D eigenvalue weighted by molar-refractivity contribution is -0.384. The summed E-state index contributed by atoms with van der Waals surface area (Å²) in [6.07, 6.45) is 0. The van der Waals surface area contributed by atoms with Crippen molar-refractivity contribution in [2.75, 3.05) is 12.4 Å². The molecule has 0 aliphatic heterocycles. The van der Waals surface area contributed by atoms with Crippen LogP contribution in [0.25, 0.3) is 0 Å². The molecule has 2 N–H and O–H groups in total. The first-order chi connectivity index (χ1) is 10.3. The van der Waals surface area contributed by atoms with Crippen LogP contribution in [-0.2, 0) is 16.6 Å². The molecule has 10 heteroatoms. The number of aryl methyl sites for hydroxylation is 1. The lowest BCUT2D eigenvalue weighted by Gasteiger charge is -2.08. The molecule has 0 aliphatic carbocycles. The van der Waals surface area contributed by atoms with E-state index in [4.69, 9.17) is 0 Å². The van der Waals surface area contributed by atoms with Crippen molar-refractivity contribution in [2.45, 2.75) is 18.4 Å². The largest absolute Gasteiger partial charge is 0.375 e. The summed E-state index contributed by atoms with van der Waals surface area (Å²) in [4.78, 5) is 15.5. The molecule has 0 aliphatic rings. The molecule has 0 unspecified atom stereocenters. The lowest BCUT2D eigenvalue weighted by atomic mass is 10.2. The van der Waals surface area contributed by atoms with Crippen LogP contribution in [0.15, 0.2) is 28.6 Å². The summed E-state index contributed by atoms with van der Waals surface area (Å²) in [5, 5.41) is 14.1. The van der Waals surface area contributed by atoms with Crippen molar-refractivity contribution in [3.8, 4) is 0 Å². The summed E-state index contributed by atoms with van der Waals surface area (Å²) in [6, 6.07) is 3.74. The third kappa shape index (κ3) is 3.40. The normalized spacial score (nSPS) is 11.4. The topological polar surface area (TPSA) is 114 Å². The standard InChI is InChI=1S/C12H14N4O4S2/c1-8-12(21-7-15-8)6-14-10-4-3-9(22(19,20)13-2)5-11(10)16(17)18/h3-5,7,13-14H,6H2,1-2H3. The Balaban J connectivity index is 2.32. The minimum Gasteiger partial charge on any atom is -0.375 e. The Labute approximate surface area is 131 Å². The zero-order valence-corrected chi connectivity index (χ0v) is 13.5. The van der Waals surface area contributed by atoms with Crippen LogP contribution >= 0.6 is 11.3 Å². The lowest BCUT2D eigenvalue weighted by Crippen LogP contribution is -2.18. The first-order valence-corrected chi connectivity index (χ1v) is 8.56. The molecule has 2 rings (SSSR count). The fourth-order valence-electron chi connectivity index (χ4n) is 1.77. The smallest absolute Gasteiger partial charge is 0.293 e. The molecule has 0 fully saturated rings. The van der Waals surface area contributed by atoms with E-state index in [-0.39, 0.29) is 16.3 Å². The first kappa shape index (κ1) is 16.3. The second kappa shape index (κ2) is 6.38. The number of thiazole rings is 1. The zero-order valence-electron chi connectivity index (χ0n) is 11.9. The monoisotopic (exact) mass is 342 g/mol. The molecule has 0 bridgehead atoms. The number of sulfonamides is 1. The molecule has 0 radical (unpaired) electrons. The van der Waals surface area contributed by atoms with Crippen LogP contribution in [0.2, 0.25) is 0 Å². The van der Waals surface area contributed by atoms with Crippen molar-refractivity contribution in [3.05, 3.63) is 44.4 Å². The highest BCUT2D eigenvalue weighted by Crippen LogP contribution is 2.28. The van der Waals surface area contributed by atoms with Gasteiger partial charge in [-0.05, 0) is 26.1 Å². The molecule has 0 amide bonds. The van der Waals surface area contributed by atoms with E-state index in [1.807, 2.05) is 6.92 Å². The molecule has 1 heterocycles. The maximum absolute atomic E-state index is 11.7. The van der Waals surface area contributed by atoms with Gasteiger partial charge in [-0.2, -0.15) is 0 Å². The molecule has 0 atom stereocenters. The maximum Gasteiger partial charge on any atom is 0.293 e. The number of nitro groups is 1. The van der Waals surface area contributed by atoms with Gasteiger partial charge >= 0.3 is 0 Å². The van der Waals surface area contributed by atoms with Crippen LogP contribution in [0.5, 0.6) is 0 Å². The summed E-state index contributed by atoms with van der Waals surface area (Å²) in [5.41, 5.74) is 2.52. The van der Waals surface area contributed by atoms with Gasteiger partial charge in [-0.25, -0.2) is 18.1 Å². The Kier molecular flexibility index (Phi) is 4.74. The highest BCUT2D eigenvalue weighted by molar-refractivity contribution is 7.89. The Bertz CT molecular complexity index is 801. The minimum absolute atomic E-state index is 0.152. The Morgan fingerprint density at radius 2 is 2.14 bits per heavy atom. The van der Waals surface area contributed by atoms with Gasteiger partial charge < -0.3 is 5.32 Å². The van der Waals surface area contributed by atoms with Crippen LogP contribution in [0.1, 0.15) is 10.6 Å². The summed E-state index contributed by atoms with van der Waals surface area (Å²) in [7, 11) is -2.48. The van der Waals surface area contributed by atoms with Crippen molar-refractivity contribution >= 4 is 32.7 Å². The number of nitrogens with zero attached hydrogens (tertiary/aromatic N) is 2. The van der Waals surface area contributed by atoms with Gasteiger partial charge in [0.15, 0.2) is 0 Å². The minimum atomic E-state index is -3.73. The van der Waals surface area contributed by atoms with Crippen LogP contribution < -0.4 is 10.0 Å². The SMILES string of the molecule is CNS(=O)(=O)c1ccc(NCc2scnc2C)c([N+](=O)[O-])c1. The van der Waals surface area contributed by atoms with Gasteiger partial charge in [-0.3, -0.25) is 10.1 Å². The van der Waals surface area contributed by atoms with Crippen LogP contribution in [0.4, 0.5) is 11.4 Å². The van der Waals surface area contributed by atoms with E-state index in [1.165, 1.54) is 30.5 Å². The fourth-order valence-corrected chi connectivity index (χ4v) is 3.23. The number of nitro benzene ring substituents is 1. The predicted octanol–water partition coefficient (Wildman–Crippen LogP) is 1.88. The van der Waals surface area contributed by atoms with E-state index < -0.39 is 14.9 Å². The van der Waals surface area contributed by atoms with Gasteiger partial charge in [-0.1, -0.05) is 0 Å². The predicted molar refractivity (Wildman–Crippen MR) is 83.5 cm³/mol. The summed E-state index contributed by atoms with van der Waals surface area (Å²) < 4.78 is 25.6. The number of rotatable bonds is 6. The zero-order chi connectivity index (χ0) is 16.3. The highest BCUT2D eigenvalue weighted by atomic mass is 32.2. The molecule has 8 nitrogen and oxygen atoms in total. The number of hydrogen-bond acceptors (Lipinski definition) is 7. The van der Waals surface area contributed by atoms with Gasteiger partial charge in [0.05, 0.1) is 27.6 Å². The number of anilines is 1. The van der Waals surface area contributed by atoms with E-state index in [0.717, 1.165) is 16.6 Å². The first-order valence-electron chi connectivity index (χ1n) is 6.20. The molecule has 118 valence electrons. The van der Waals surface area contributed by atoms with Gasteiger partial charge in [0.1, 0.15) is 5.69 Å². The van der Waals surface area contributed by atoms with Crippen LogP contribution in [0.3, 0.4) is 0 Å². The molecule has 22 heavy (non-hydrogen) atoms. The Morgan fingerprint density at radius 3 is 2.68 bits per heavy atom. The number of benzene rings is 1. The summed E-state index contributed by atoms with van der Waals surface area (Å²) in [5.74, 6) is 0. The Morgan fingerprint density at radius 1 is 1.41 bits per heavy atom. The average Bonchev–Trinajstić information content (AvgIpc) is 2.90. The molecule has 1 aromatic carbocycles. The van der Waals surface area contributed by atoms with Crippen molar-refractivity contribution in [3.63, 3.8) is 0 Å². The second-order valence-corrected chi connectivity index (χ2v) is 7.18. The summed E-state index contributed by atoms with van der Waals surface area (Å²) >= 11 is 1.44. The van der Waals surface area contributed by atoms with E-state index >= 15 is 0 Å². The van der Waals surface area contributed by atoms with Gasteiger partial charge in [0, 0.05) is 10.9 Å². The number of aromatic nitrogens is 1. The molecular formula is C12H14N4O4S2. The number of hydrogen-bond donors (Lipinski definition) is 2. The second-order valence-electron chi connectivity index (χ2n) is 4.36. The number of nitrogens with one attached hydrogen (secondary N) is 2. The van der Waals surface area contributed by atoms with E-state index in [0.29, 0.717) is 6.54 Å². The van der Waals surface area contributed by atoms with Crippen LogP contribution in [0, 0.1) is 17.0 Å². The van der Waals surface area contributed by atoms with Crippen molar-refractivity contribution in [2.24, 2.45) is 0 Å². The average molecular weight is 342 g/mol. The van der Waals surface area contributed by atoms with Gasteiger partial charge in [-0.15, -0.1) is 11.3 Å². The fraction of sp³-hybridized carbons (Fsp3) is 0.250. The van der Waals surface area contributed by atoms with Crippen LogP contribution in [-0.4, -0.2) is 25.4 Å². The van der Waals surface area contributed by atoms with Gasteiger partial charge in [0.2, 0.25) is 10.0 Å². The van der Waals surface area contributed by atoms with Gasteiger partial charge in [0.25, 0.3) is 5.69 Å². The van der Waals surface area contributed by atoms with E-state index in [2.05, 4.69) is 15.0 Å². The molecule has 0 saturated heterocycles. The van der Waals surface area contributed by atoms with E-state index in [1.54, 1.807) is 5.51 Å². The van der Waals surface area contributed by atoms with Crippen molar-refractivity contribution in [1.82, 2.24) is 9.71 Å². The third-order valence-electron chi connectivity index (χ3n) is 3.03. The summed E-state index contributed by atoms with van der Waals surface area (Å²) in [6.45, 7) is 2.24.